The van der Waals surface area contributed by atoms with Crippen LogP contribution in [0.2, 0.25) is 5.02 Å². The van der Waals surface area contributed by atoms with Crippen LogP contribution in [0.15, 0.2) is 42.5 Å². The van der Waals surface area contributed by atoms with Gasteiger partial charge in [-0.2, -0.15) is 0 Å². The van der Waals surface area contributed by atoms with E-state index < -0.39 is 4.92 Å². The Morgan fingerprint density at radius 3 is 2.35 bits per heavy atom. The van der Waals surface area contributed by atoms with E-state index in [4.69, 9.17) is 11.6 Å². The van der Waals surface area contributed by atoms with Crippen LogP contribution in [-0.2, 0) is 22.4 Å². The molecule has 31 heavy (non-hydrogen) atoms. The highest BCUT2D eigenvalue weighted by molar-refractivity contribution is 6.30. The zero-order valence-electron chi connectivity index (χ0n) is 17.0. The zero-order valence-corrected chi connectivity index (χ0v) is 17.8. The summed E-state index contributed by atoms with van der Waals surface area (Å²) in [6.45, 7) is 3.15. The number of fused-ring (bicyclic) bond motifs is 1. The van der Waals surface area contributed by atoms with Crippen LogP contribution >= 0.6 is 11.6 Å². The van der Waals surface area contributed by atoms with E-state index in [0.717, 1.165) is 11.1 Å². The minimum absolute atomic E-state index is 0.00809. The Morgan fingerprint density at radius 2 is 1.68 bits per heavy atom. The van der Waals surface area contributed by atoms with Crippen LogP contribution in [0.25, 0.3) is 0 Å². The number of hydrogen-bond acceptors (Lipinski definition) is 5. The molecule has 8 nitrogen and oxygen atoms in total. The lowest BCUT2D eigenvalue weighted by Crippen LogP contribution is -2.51. The molecule has 2 aliphatic heterocycles. The van der Waals surface area contributed by atoms with E-state index in [1.165, 1.54) is 12.1 Å². The average Bonchev–Trinajstić information content (AvgIpc) is 3.19. The maximum absolute atomic E-state index is 12.9. The van der Waals surface area contributed by atoms with E-state index in [1.54, 1.807) is 23.1 Å². The molecular formula is C22H23ClN4O4. The molecule has 4 rings (SSSR count). The summed E-state index contributed by atoms with van der Waals surface area (Å²) in [5.41, 5.74) is 2.51. The molecule has 0 spiro atoms. The Balaban J connectivity index is 1.30. The second-order valence-electron chi connectivity index (χ2n) is 7.83. The summed E-state index contributed by atoms with van der Waals surface area (Å²) < 4.78 is 0. The van der Waals surface area contributed by atoms with Crippen LogP contribution in [0.3, 0.4) is 0 Å². The molecule has 9 heteroatoms. The fourth-order valence-corrected chi connectivity index (χ4v) is 4.19. The number of amides is 2. The fraction of sp³-hybridized carbons (Fsp3) is 0.364. The van der Waals surface area contributed by atoms with Gasteiger partial charge < -0.3 is 9.80 Å². The summed E-state index contributed by atoms with van der Waals surface area (Å²) in [4.78, 5) is 41.5. The van der Waals surface area contributed by atoms with Gasteiger partial charge in [-0.1, -0.05) is 29.8 Å². The molecule has 0 atom stereocenters. The number of halogens is 1. The van der Waals surface area contributed by atoms with Crippen molar-refractivity contribution in [3.63, 3.8) is 0 Å². The van der Waals surface area contributed by atoms with Gasteiger partial charge in [-0.25, -0.2) is 0 Å². The molecule has 1 fully saturated rings. The highest BCUT2D eigenvalue weighted by Gasteiger charge is 2.29. The molecule has 2 aliphatic rings. The maximum Gasteiger partial charge on any atom is 0.271 e. The lowest BCUT2D eigenvalue weighted by Gasteiger charge is -2.35. The standard InChI is InChI=1S/C22H23ClN4O4/c23-18-4-1-16(2-5-18)13-21(28)25-11-9-24(10-12-25)15-22(29)26-8-7-17-3-6-19(27(30)31)14-20(17)26/h1-6,14H,7-13,15H2. The van der Waals surface area contributed by atoms with Crippen LogP contribution in [0.4, 0.5) is 11.4 Å². The number of carbonyl (C=O) groups excluding carboxylic acids is 2. The van der Waals surface area contributed by atoms with Crippen molar-refractivity contribution in [2.45, 2.75) is 12.8 Å². The summed E-state index contributed by atoms with van der Waals surface area (Å²) in [5.74, 6) is -0.00531. The second kappa shape index (κ2) is 9.03. The zero-order chi connectivity index (χ0) is 22.0. The molecule has 162 valence electrons. The predicted molar refractivity (Wildman–Crippen MR) is 117 cm³/mol. The minimum Gasteiger partial charge on any atom is -0.340 e. The molecule has 0 saturated carbocycles. The normalized spacial score (nSPS) is 16.3. The van der Waals surface area contributed by atoms with Crippen molar-refractivity contribution in [2.24, 2.45) is 0 Å². The van der Waals surface area contributed by atoms with Crippen molar-refractivity contribution in [1.29, 1.82) is 0 Å². The van der Waals surface area contributed by atoms with Crippen LogP contribution in [-0.4, -0.2) is 65.8 Å². The number of hydrogen-bond donors (Lipinski definition) is 0. The molecule has 0 N–H and O–H groups in total. The molecule has 1 saturated heterocycles. The molecule has 2 aromatic carbocycles. The molecule has 0 bridgehead atoms. The number of rotatable bonds is 5. The number of benzene rings is 2. The monoisotopic (exact) mass is 442 g/mol. The summed E-state index contributed by atoms with van der Waals surface area (Å²) in [7, 11) is 0. The van der Waals surface area contributed by atoms with Gasteiger partial charge in [-0.15, -0.1) is 0 Å². The second-order valence-corrected chi connectivity index (χ2v) is 8.26. The average molecular weight is 443 g/mol. The molecule has 2 heterocycles. The van der Waals surface area contributed by atoms with Crippen LogP contribution in [0, 0.1) is 10.1 Å². The Kier molecular flexibility index (Phi) is 6.20. The number of nitrogens with zero attached hydrogens (tertiary/aromatic N) is 4. The molecule has 0 aliphatic carbocycles. The van der Waals surface area contributed by atoms with Crippen molar-refractivity contribution in [2.75, 3.05) is 44.2 Å². The first-order chi connectivity index (χ1) is 14.9. The van der Waals surface area contributed by atoms with Crippen molar-refractivity contribution in [1.82, 2.24) is 9.80 Å². The number of carbonyl (C=O) groups is 2. The molecule has 2 amide bonds. The number of piperazine rings is 1. The number of nitro groups is 1. The van der Waals surface area contributed by atoms with Gasteiger partial charge in [-0.3, -0.25) is 24.6 Å². The van der Waals surface area contributed by atoms with E-state index in [9.17, 15) is 19.7 Å². The van der Waals surface area contributed by atoms with Gasteiger partial charge >= 0.3 is 0 Å². The topological polar surface area (TPSA) is 87.0 Å². The smallest absolute Gasteiger partial charge is 0.271 e. The van der Waals surface area contributed by atoms with E-state index in [0.29, 0.717) is 56.3 Å². The Bertz CT molecular complexity index is 1000. The van der Waals surface area contributed by atoms with E-state index in [-0.39, 0.29) is 24.0 Å². The summed E-state index contributed by atoms with van der Waals surface area (Å²) in [6.07, 6.45) is 1.03. The first-order valence-corrected chi connectivity index (χ1v) is 10.6. The van der Waals surface area contributed by atoms with Gasteiger partial charge in [0.2, 0.25) is 11.8 Å². The molecule has 0 radical (unpaired) electrons. The third-order valence-corrected chi connectivity index (χ3v) is 6.08. The van der Waals surface area contributed by atoms with Gasteiger partial charge in [0.15, 0.2) is 0 Å². The van der Waals surface area contributed by atoms with Gasteiger partial charge in [0.25, 0.3) is 5.69 Å². The molecule has 0 aromatic heterocycles. The SMILES string of the molecule is O=C(Cc1ccc(Cl)cc1)N1CCN(CC(=O)N2CCc3ccc([N+](=O)[O-])cc32)CC1. The van der Waals surface area contributed by atoms with Crippen molar-refractivity contribution >= 4 is 34.8 Å². The minimum atomic E-state index is -0.443. The van der Waals surface area contributed by atoms with E-state index in [2.05, 4.69) is 0 Å². The fourth-order valence-electron chi connectivity index (χ4n) is 4.06. The number of non-ortho nitro benzene ring substituents is 1. The Hall–Kier alpha value is -2.97. The number of nitro benzene ring substituents is 1. The van der Waals surface area contributed by atoms with Crippen molar-refractivity contribution < 1.29 is 14.5 Å². The van der Waals surface area contributed by atoms with Crippen molar-refractivity contribution in [3.05, 3.63) is 68.7 Å². The van der Waals surface area contributed by atoms with E-state index >= 15 is 0 Å². The third kappa shape index (κ3) is 4.86. The van der Waals surface area contributed by atoms with E-state index in [1.807, 2.05) is 21.9 Å². The van der Waals surface area contributed by atoms with Crippen molar-refractivity contribution in [3.8, 4) is 0 Å². The predicted octanol–water partition coefficient (Wildman–Crippen LogP) is 2.52. The van der Waals surface area contributed by atoms with Crippen LogP contribution in [0.1, 0.15) is 11.1 Å². The largest absolute Gasteiger partial charge is 0.340 e. The van der Waals surface area contributed by atoms with Gasteiger partial charge in [-0.05, 0) is 29.7 Å². The third-order valence-electron chi connectivity index (χ3n) is 5.83. The highest BCUT2D eigenvalue weighted by Crippen LogP contribution is 2.31. The lowest BCUT2D eigenvalue weighted by molar-refractivity contribution is -0.384. The molecule has 2 aromatic rings. The summed E-state index contributed by atoms with van der Waals surface area (Å²) >= 11 is 5.89. The maximum atomic E-state index is 12.9. The first kappa shape index (κ1) is 21.3. The Labute approximate surface area is 185 Å². The highest BCUT2D eigenvalue weighted by atomic mass is 35.5. The lowest BCUT2D eigenvalue weighted by atomic mass is 10.1. The van der Waals surface area contributed by atoms with Gasteiger partial charge in [0.05, 0.1) is 23.6 Å². The summed E-state index contributed by atoms with van der Waals surface area (Å²) in [5, 5.41) is 11.7. The van der Waals surface area contributed by atoms with Gasteiger partial charge in [0, 0.05) is 49.9 Å². The first-order valence-electron chi connectivity index (χ1n) is 10.2. The quantitative estimate of drug-likeness (QED) is 0.524. The van der Waals surface area contributed by atoms with Crippen LogP contribution < -0.4 is 4.90 Å². The molecule has 0 unspecified atom stereocenters. The number of anilines is 1. The summed E-state index contributed by atoms with van der Waals surface area (Å²) in [6, 6.07) is 11.9. The molecular weight excluding hydrogens is 420 g/mol. The van der Waals surface area contributed by atoms with Gasteiger partial charge in [0.1, 0.15) is 0 Å². The van der Waals surface area contributed by atoms with Crippen LogP contribution in [0.5, 0.6) is 0 Å². The Morgan fingerprint density at radius 1 is 0.968 bits per heavy atom.